The van der Waals surface area contributed by atoms with Gasteiger partial charge in [-0.1, -0.05) is 11.1 Å². The molecular weight excluding hydrogens is 202 g/mol. The fourth-order valence-corrected chi connectivity index (χ4v) is 2.31. The summed E-state index contributed by atoms with van der Waals surface area (Å²) in [6.45, 7) is 3.39. The number of hydrogen-bond acceptors (Lipinski definition) is 4. The van der Waals surface area contributed by atoms with Crippen molar-refractivity contribution < 1.29 is 12.9 Å². The molecule has 0 amide bonds. The Balaban J connectivity index is 2.96. The van der Waals surface area contributed by atoms with Crippen molar-refractivity contribution in [1.29, 1.82) is 0 Å². The van der Waals surface area contributed by atoms with Crippen LogP contribution in [0, 0.1) is 26.2 Å². The molecule has 0 saturated heterocycles. The van der Waals surface area contributed by atoms with E-state index >= 15 is 0 Å². The van der Waals surface area contributed by atoms with Crippen molar-refractivity contribution >= 4 is 9.84 Å². The Labute approximate surface area is 83.2 Å². The lowest BCUT2D eigenvalue weighted by atomic mass is 10.2. The van der Waals surface area contributed by atoms with Gasteiger partial charge in [0.05, 0.1) is 11.4 Å². The number of aromatic nitrogens is 1. The molecule has 1 aromatic rings. The van der Waals surface area contributed by atoms with Crippen molar-refractivity contribution in [2.75, 3.05) is 5.75 Å². The van der Waals surface area contributed by atoms with Crippen LogP contribution in [0.2, 0.25) is 0 Å². The van der Waals surface area contributed by atoms with Gasteiger partial charge in [-0.2, -0.15) is 0 Å². The molecule has 0 aliphatic rings. The van der Waals surface area contributed by atoms with E-state index < -0.39 is 9.84 Å². The predicted octanol–water partition coefficient (Wildman–Crippen LogP) is 0.839. The van der Waals surface area contributed by atoms with Crippen LogP contribution in [-0.4, -0.2) is 19.3 Å². The molecule has 0 fully saturated rings. The lowest BCUT2D eigenvalue weighted by molar-refractivity contribution is 0.392. The van der Waals surface area contributed by atoms with Gasteiger partial charge in [0.25, 0.3) is 0 Å². The Morgan fingerprint density at radius 2 is 2.14 bits per heavy atom. The van der Waals surface area contributed by atoms with Gasteiger partial charge >= 0.3 is 0 Å². The third-order valence-electron chi connectivity index (χ3n) is 1.85. The fourth-order valence-electron chi connectivity index (χ4n) is 1.11. The Morgan fingerprint density at radius 3 is 2.57 bits per heavy atom. The molecule has 0 atom stereocenters. The highest BCUT2D eigenvalue weighted by Crippen LogP contribution is 2.15. The van der Waals surface area contributed by atoms with Crippen LogP contribution in [0.15, 0.2) is 4.52 Å². The topological polar surface area (TPSA) is 60.2 Å². The normalized spacial score (nSPS) is 11.2. The van der Waals surface area contributed by atoms with Crippen molar-refractivity contribution in [3.63, 3.8) is 0 Å². The number of sulfone groups is 1. The first-order chi connectivity index (χ1) is 6.46. The maximum atomic E-state index is 11.4. The van der Waals surface area contributed by atoms with E-state index in [9.17, 15) is 8.42 Å². The summed E-state index contributed by atoms with van der Waals surface area (Å²) >= 11 is 0. The van der Waals surface area contributed by atoms with Gasteiger partial charge in [0, 0.05) is 5.56 Å². The van der Waals surface area contributed by atoms with Crippen molar-refractivity contribution in [2.24, 2.45) is 0 Å². The van der Waals surface area contributed by atoms with Gasteiger partial charge in [0.1, 0.15) is 11.5 Å². The highest BCUT2D eigenvalue weighted by molar-refractivity contribution is 7.90. The van der Waals surface area contributed by atoms with Crippen LogP contribution in [-0.2, 0) is 15.6 Å². The lowest BCUT2D eigenvalue weighted by Crippen LogP contribution is -2.08. The van der Waals surface area contributed by atoms with Gasteiger partial charge in [-0.3, -0.25) is 0 Å². The molecular formula is C9H11NO3S. The summed E-state index contributed by atoms with van der Waals surface area (Å²) in [6, 6.07) is 0. The second-order valence-electron chi connectivity index (χ2n) is 3.04. The first-order valence-corrected chi connectivity index (χ1v) is 5.84. The Bertz CT molecular complexity index is 445. The molecule has 0 N–H and O–H groups in total. The van der Waals surface area contributed by atoms with Crippen LogP contribution >= 0.6 is 0 Å². The first kappa shape index (κ1) is 10.8. The summed E-state index contributed by atoms with van der Waals surface area (Å²) in [5.41, 5.74) is 1.21. The van der Waals surface area contributed by atoms with Crippen molar-refractivity contribution in [1.82, 2.24) is 5.16 Å². The molecule has 4 nitrogen and oxygen atoms in total. The number of rotatable bonds is 3. The molecule has 1 rings (SSSR count). The Kier molecular flexibility index (Phi) is 2.96. The molecule has 14 heavy (non-hydrogen) atoms. The summed E-state index contributed by atoms with van der Waals surface area (Å²) in [5, 5.41) is 3.67. The minimum atomic E-state index is -3.24. The molecule has 0 bridgehead atoms. The summed E-state index contributed by atoms with van der Waals surface area (Å²) < 4.78 is 27.6. The Morgan fingerprint density at radius 1 is 1.50 bits per heavy atom. The highest BCUT2D eigenvalue weighted by Gasteiger charge is 2.17. The molecule has 0 aliphatic carbocycles. The second kappa shape index (κ2) is 3.84. The van der Waals surface area contributed by atoms with Crippen LogP contribution in [0.4, 0.5) is 0 Å². The maximum absolute atomic E-state index is 11.4. The first-order valence-electron chi connectivity index (χ1n) is 4.02. The molecule has 0 aromatic carbocycles. The van der Waals surface area contributed by atoms with E-state index in [4.69, 9.17) is 10.9 Å². The zero-order valence-electron chi connectivity index (χ0n) is 8.07. The molecule has 0 unspecified atom stereocenters. The summed E-state index contributed by atoms with van der Waals surface area (Å²) in [6.07, 6.45) is 4.95. The van der Waals surface area contributed by atoms with E-state index in [1.54, 1.807) is 13.8 Å². The van der Waals surface area contributed by atoms with Gasteiger partial charge in [0.2, 0.25) is 0 Å². The van der Waals surface area contributed by atoms with Crippen molar-refractivity contribution in [3.8, 4) is 12.3 Å². The molecule has 0 spiro atoms. The monoisotopic (exact) mass is 213 g/mol. The number of aryl methyl sites for hydroxylation is 2. The highest BCUT2D eigenvalue weighted by atomic mass is 32.2. The van der Waals surface area contributed by atoms with Crippen molar-refractivity contribution in [3.05, 3.63) is 17.0 Å². The van der Waals surface area contributed by atoms with Gasteiger partial charge in [-0.15, -0.1) is 6.42 Å². The smallest absolute Gasteiger partial charge is 0.165 e. The molecule has 0 radical (unpaired) electrons. The zero-order valence-corrected chi connectivity index (χ0v) is 8.89. The largest absolute Gasteiger partial charge is 0.361 e. The standard InChI is InChI=1S/C9H11NO3S/c1-4-5-14(11,12)6-9-7(2)10-13-8(9)3/h1H,5-6H2,2-3H3. The summed E-state index contributed by atoms with van der Waals surface area (Å²) in [5.74, 6) is 2.30. The molecule has 1 heterocycles. The molecule has 76 valence electrons. The van der Waals surface area contributed by atoms with Gasteiger partial charge < -0.3 is 4.52 Å². The van der Waals surface area contributed by atoms with E-state index in [-0.39, 0.29) is 11.5 Å². The van der Waals surface area contributed by atoms with Crippen LogP contribution in [0.3, 0.4) is 0 Å². The minimum Gasteiger partial charge on any atom is -0.361 e. The molecule has 0 saturated carbocycles. The quantitative estimate of drug-likeness (QED) is 0.698. The van der Waals surface area contributed by atoms with Gasteiger partial charge in [0.15, 0.2) is 9.84 Å². The average Bonchev–Trinajstić information content (AvgIpc) is 2.35. The minimum absolute atomic E-state index is 0.0988. The van der Waals surface area contributed by atoms with Crippen LogP contribution in [0.5, 0.6) is 0 Å². The number of terminal acetylenes is 1. The van der Waals surface area contributed by atoms with E-state index in [1.165, 1.54) is 0 Å². The van der Waals surface area contributed by atoms with Gasteiger partial charge in [-0.25, -0.2) is 8.42 Å². The summed E-state index contributed by atoms with van der Waals surface area (Å²) in [7, 11) is -3.24. The fraction of sp³-hybridized carbons (Fsp3) is 0.444. The van der Waals surface area contributed by atoms with E-state index in [1.807, 2.05) is 0 Å². The summed E-state index contributed by atoms with van der Waals surface area (Å²) in [4.78, 5) is 0. The third kappa shape index (κ3) is 2.36. The molecule has 1 aromatic heterocycles. The third-order valence-corrected chi connectivity index (χ3v) is 3.18. The predicted molar refractivity (Wildman–Crippen MR) is 52.3 cm³/mol. The van der Waals surface area contributed by atoms with Crippen LogP contribution in [0.25, 0.3) is 0 Å². The zero-order chi connectivity index (χ0) is 10.8. The average molecular weight is 213 g/mol. The van der Waals surface area contributed by atoms with Gasteiger partial charge in [-0.05, 0) is 13.8 Å². The van der Waals surface area contributed by atoms with Crippen LogP contribution < -0.4 is 0 Å². The number of nitrogens with zero attached hydrogens (tertiary/aromatic N) is 1. The Hall–Kier alpha value is -1.28. The molecule has 0 aliphatic heterocycles. The second-order valence-corrected chi connectivity index (χ2v) is 5.10. The molecule has 5 heteroatoms. The number of hydrogen-bond donors (Lipinski definition) is 0. The maximum Gasteiger partial charge on any atom is 0.165 e. The SMILES string of the molecule is C#CCS(=O)(=O)Cc1c(C)noc1C. The van der Waals surface area contributed by atoms with E-state index in [0.29, 0.717) is 17.0 Å². The van der Waals surface area contributed by atoms with E-state index in [2.05, 4.69) is 11.1 Å². The van der Waals surface area contributed by atoms with E-state index in [0.717, 1.165) is 0 Å². The van der Waals surface area contributed by atoms with Crippen LogP contribution in [0.1, 0.15) is 17.0 Å². The van der Waals surface area contributed by atoms with Crippen molar-refractivity contribution in [2.45, 2.75) is 19.6 Å². The lowest BCUT2D eigenvalue weighted by Gasteiger charge is -1.98.